The van der Waals surface area contributed by atoms with Crippen LogP contribution in [0.1, 0.15) is 18.4 Å². The summed E-state index contributed by atoms with van der Waals surface area (Å²) in [5.74, 6) is 2.68. The quantitative estimate of drug-likeness (QED) is 0.364. The Morgan fingerprint density at radius 2 is 1.72 bits per heavy atom. The van der Waals surface area contributed by atoms with Crippen molar-refractivity contribution in [2.75, 3.05) is 74.7 Å². The van der Waals surface area contributed by atoms with E-state index >= 15 is 0 Å². The molecule has 1 aliphatic rings. The van der Waals surface area contributed by atoms with Crippen LogP contribution in [0.25, 0.3) is 0 Å². The van der Waals surface area contributed by atoms with Crippen LogP contribution in [0.2, 0.25) is 0 Å². The molecule has 2 N–H and O–H groups in total. The smallest absolute Gasteiger partial charge is 0.203 e. The highest BCUT2D eigenvalue weighted by Gasteiger charge is 2.14. The van der Waals surface area contributed by atoms with E-state index in [0.29, 0.717) is 23.8 Å². The van der Waals surface area contributed by atoms with Crippen LogP contribution >= 0.6 is 0 Å². The number of guanidine groups is 1. The standard InChI is InChI=1S/C21H37N5O3/c1-22-21(23-8-6-10-26-11-7-9-25(2)12-13-26)24-16-17-14-18(27-3)20(29-5)19(15-17)28-4/h14-15H,6-13,16H2,1-5H3,(H2,22,23,24). The molecule has 2 rings (SSSR count). The molecule has 0 aromatic heterocycles. The first kappa shape index (κ1) is 23.1. The lowest BCUT2D eigenvalue weighted by Crippen LogP contribution is -2.38. The van der Waals surface area contributed by atoms with Crippen molar-refractivity contribution in [3.05, 3.63) is 17.7 Å². The molecule has 164 valence electrons. The Balaban J connectivity index is 1.79. The van der Waals surface area contributed by atoms with E-state index in [2.05, 4.69) is 32.5 Å². The van der Waals surface area contributed by atoms with Gasteiger partial charge in [-0.2, -0.15) is 0 Å². The van der Waals surface area contributed by atoms with Crippen LogP contribution in [0, 0.1) is 0 Å². The summed E-state index contributed by atoms with van der Waals surface area (Å²) in [6.07, 6.45) is 2.34. The summed E-state index contributed by atoms with van der Waals surface area (Å²) >= 11 is 0. The minimum absolute atomic E-state index is 0.598. The number of ether oxygens (including phenoxy) is 3. The largest absolute Gasteiger partial charge is 0.493 e. The summed E-state index contributed by atoms with van der Waals surface area (Å²) in [6, 6.07) is 3.88. The van der Waals surface area contributed by atoms with Crippen LogP contribution in [0.3, 0.4) is 0 Å². The number of aliphatic imine (C=N–C) groups is 1. The summed E-state index contributed by atoms with van der Waals surface area (Å²) in [7, 11) is 8.84. The summed E-state index contributed by atoms with van der Waals surface area (Å²) in [5, 5.41) is 6.74. The first-order chi connectivity index (χ1) is 14.1. The number of hydrogen-bond acceptors (Lipinski definition) is 6. The zero-order chi connectivity index (χ0) is 21.1. The van der Waals surface area contributed by atoms with E-state index in [1.807, 2.05) is 12.1 Å². The average molecular weight is 408 g/mol. The predicted octanol–water partition coefficient (Wildman–Crippen LogP) is 1.41. The second kappa shape index (κ2) is 12.4. The lowest BCUT2D eigenvalue weighted by Gasteiger charge is -2.20. The topological polar surface area (TPSA) is 70.6 Å². The van der Waals surface area contributed by atoms with E-state index in [0.717, 1.165) is 44.1 Å². The first-order valence-electron chi connectivity index (χ1n) is 10.3. The van der Waals surface area contributed by atoms with E-state index in [4.69, 9.17) is 14.2 Å². The fourth-order valence-corrected chi connectivity index (χ4v) is 3.48. The van der Waals surface area contributed by atoms with Crippen LogP contribution in [0.15, 0.2) is 17.1 Å². The monoisotopic (exact) mass is 407 g/mol. The van der Waals surface area contributed by atoms with Crippen molar-refractivity contribution >= 4 is 5.96 Å². The molecule has 0 radical (unpaired) electrons. The molecule has 1 aromatic carbocycles. The Labute approximate surface area is 175 Å². The fourth-order valence-electron chi connectivity index (χ4n) is 3.48. The molecule has 29 heavy (non-hydrogen) atoms. The van der Waals surface area contributed by atoms with E-state index in [1.54, 1.807) is 28.4 Å². The Hall–Kier alpha value is -2.19. The van der Waals surface area contributed by atoms with Crippen LogP contribution in [-0.4, -0.2) is 90.5 Å². The van der Waals surface area contributed by atoms with Gasteiger partial charge in [0, 0.05) is 33.2 Å². The van der Waals surface area contributed by atoms with Crippen molar-refractivity contribution in [1.29, 1.82) is 0 Å². The maximum Gasteiger partial charge on any atom is 0.203 e. The molecular weight excluding hydrogens is 370 g/mol. The normalized spacial score (nSPS) is 16.2. The summed E-state index contributed by atoms with van der Waals surface area (Å²) in [4.78, 5) is 9.28. The lowest BCUT2D eigenvalue weighted by molar-refractivity contribution is 0.274. The third kappa shape index (κ3) is 7.29. The Kier molecular flexibility index (Phi) is 9.87. The molecule has 1 aromatic rings. The molecule has 1 saturated heterocycles. The van der Waals surface area contributed by atoms with Crippen molar-refractivity contribution < 1.29 is 14.2 Å². The maximum atomic E-state index is 5.42. The average Bonchev–Trinajstić information content (AvgIpc) is 2.96. The SMILES string of the molecule is CN=C(NCCCN1CCCN(C)CC1)NCc1cc(OC)c(OC)c(OC)c1. The molecule has 1 fully saturated rings. The van der Waals surface area contributed by atoms with Gasteiger partial charge >= 0.3 is 0 Å². The third-order valence-corrected chi connectivity index (χ3v) is 5.16. The van der Waals surface area contributed by atoms with Gasteiger partial charge in [-0.15, -0.1) is 0 Å². The Morgan fingerprint density at radius 1 is 1.00 bits per heavy atom. The molecule has 0 amide bonds. The van der Waals surface area contributed by atoms with Crippen molar-refractivity contribution in [1.82, 2.24) is 20.4 Å². The number of rotatable bonds is 9. The summed E-state index contributed by atoms with van der Waals surface area (Å²) in [5.41, 5.74) is 1.02. The zero-order valence-corrected chi connectivity index (χ0v) is 18.6. The third-order valence-electron chi connectivity index (χ3n) is 5.16. The van der Waals surface area contributed by atoms with Gasteiger partial charge in [0.1, 0.15) is 0 Å². The lowest BCUT2D eigenvalue weighted by atomic mass is 10.2. The van der Waals surface area contributed by atoms with Gasteiger partial charge in [-0.05, 0) is 57.2 Å². The second-order valence-corrected chi connectivity index (χ2v) is 7.24. The summed E-state index contributed by atoms with van der Waals surface area (Å²) < 4.78 is 16.2. The Morgan fingerprint density at radius 3 is 2.34 bits per heavy atom. The van der Waals surface area contributed by atoms with Gasteiger partial charge in [0.05, 0.1) is 21.3 Å². The highest BCUT2D eigenvalue weighted by Crippen LogP contribution is 2.38. The van der Waals surface area contributed by atoms with Gasteiger partial charge < -0.3 is 34.6 Å². The van der Waals surface area contributed by atoms with Crippen molar-refractivity contribution in [2.45, 2.75) is 19.4 Å². The van der Waals surface area contributed by atoms with Gasteiger partial charge in [-0.1, -0.05) is 0 Å². The number of likely N-dealkylation sites (N-methyl/N-ethyl adjacent to an activating group) is 1. The van der Waals surface area contributed by atoms with Crippen LogP contribution in [0.4, 0.5) is 0 Å². The zero-order valence-electron chi connectivity index (χ0n) is 18.6. The molecule has 0 spiro atoms. The molecule has 8 heteroatoms. The van der Waals surface area contributed by atoms with E-state index in [1.165, 1.54) is 19.5 Å². The summed E-state index contributed by atoms with van der Waals surface area (Å²) in [6.45, 7) is 7.32. The highest BCUT2D eigenvalue weighted by molar-refractivity contribution is 5.79. The van der Waals surface area contributed by atoms with Gasteiger partial charge in [-0.25, -0.2) is 0 Å². The first-order valence-corrected chi connectivity index (χ1v) is 10.3. The van der Waals surface area contributed by atoms with E-state index < -0.39 is 0 Å². The van der Waals surface area contributed by atoms with Crippen molar-refractivity contribution in [2.24, 2.45) is 4.99 Å². The van der Waals surface area contributed by atoms with Gasteiger partial charge in [0.15, 0.2) is 17.5 Å². The Bertz CT molecular complexity index is 628. The molecule has 1 heterocycles. The number of methoxy groups -OCH3 is 3. The molecule has 0 saturated carbocycles. The number of hydrogen-bond donors (Lipinski definition) is 2. The minimum Gasteiger partial charge on any atom is -0.493 e. The van der Waals surface area contributed by atoms with Gasteiger partial charge in [0.2, 0.25) is 5.75 Å². The van der Waals surface area contributed by atoms with Gasteiger partial charge in [0.25, 0.3) is 0 Å². The molecule has 8 nitrogen and oxygen atoms in total. The predicted molar refractivity (Wildman–Crippen MR) is 117 cm³/mol. The second-order valence-electron chi connectivity index (χ2n) is 7.24. The molecule has 0 unspecified atom stereocenters. The molecule has 0 bridgehead atoms. The van der Waals surface area contributed by atoms with Gasteiger partial charge in [-0.3, -0.25) is 4.99 Å². The van der Waals surface area contributed by atoms with Crippen molar-refractivity contribution in [3.8, 4) is 17.2 Å². The molecule has 0 aliphatic carbocycles. The highest BCUT2D eigenvalue weighted by atomic mass is 16.5. The van der Waals surface area contributed by atoms with Crippen LogP contribution in [0.5, 0.6) is 17.2 Å². The number of nitrogens with zero attached hydrogens (tertiary/aromatic N) is 3. The van der Waals surface area contributed by atoms with E-state index in [-0.39, 0.29) is 0 Å². The van der Waals surface area contributed by atoms with Crippen LogP contribution in [-0.2, 0) is 6.54 Å². The maximum absolute atomic E-state index is 5.42. The molecular formula is C21H37N5O3. The fraction of sp³-hybridized carbons (Fsp3) is 0.667. The van der Waals surface area contributed by atoms with E-state index in [9.17, 15) is 0 Å². The molecule has 0 atom stereocenters. The van der Waals surface area contributed by atoms with Crippen LogP contribution < -0.4 is 24.8 Å². The number of nitrogens with one attached hydrogen (secondary N) is 2. The minimum atomic E-state index is 0.598. The molecule has 1 aliphatic heterocycles. The number of benzene rings is 1. The van der Waals surface area contributed by atoms with Crippen molar-refractivity contribution in [3.63, 3.8) is 0 Å².